The lowest BCUT2D eigenvalue weighted by molar-refractivity contribution is 0.103. The number of hydrogen-bond donors (Lipinski definition) is 0. The van der Waals surface area contributed by atoms with E-state index in [1.54, 1.807) is 0 Å². The Labute approximate surface area is 127 Å². The first-order chi connectivity index (χ1) is 9.65. The number of carbonyl (C=O) groups is 1. The van der Waals surface area contributed by atoms with Crippen molar-refractivity contribution in [3.63, 3.8) is 0 Å². The molecule has 0 atom stereocenters. The molecule has 0 spiro atoms. The molecule has 0 saturated carbocycles. The van der Waals surface area contributed by atoms with Crippen molar-refractivity contribution in [3.8, 4) is 0 Å². The minimum atomic E-state index is 0.185. The minimum absolute atomic E-state index is 0.185. The smallest absolute Gasteiger partial charge is 0.190 e. The molecule has 0 radical (unpaired) electrons. The van der Waals surface area contributed by atoms with Crippen molar-refractivity contribution in [2.24, 2.45) is 0 Å². The van der Waals surface area contributed by atoms with Crippen molar-refractivity contribution < 1.29 is 4.79 Å². The molecular weight excluding hydrogens is 312 g/mol. The van der Waals surface area contributed by atoms with Gasteiger partial charge in [0, 0.05) is 15.6 Å². The second-order valence-corrected chi connectivity index (χ2v) is 5.99. The summed E-state index contributed by atoms with van der Waals surface area (Å²) in [6.45, 7) is 5.99. The lowest BCUT2D eigenvalue weighted by Crippen LogP contribution is -2.00. The molecule has 0 unspecified atom stereocenters. The molecule has 0 aliphatic heterocycles. The van der Waals surface area contributed by atoms with Gasteiger partial charge in [0.1, 0.15) is 0 Å². The number of hydrogen-bond acceptors (Lipinski definition) is 1. The minimum Gasteiger partial charge on any atom is -0.289 e. The second-order valence-electron chi connectivity index (χ2n) is 5.07. The molecule has 2 aromatic carbocycles. The average molecular weight is 327 g/mol. The number of rotatable bonds is 3. The summed E-state index contributed by atoms with van der Waals surface area (Å²) in [5.74, 6) is 0.185. The SMILES string of the molecule is C=Cc1cc2c(c3ccc(Br)cc13)C(=O)C(CCC)=C2. The summed E-state index contributed by atoms with van der Waals surface area (Å²) in [4.78, 5) is 12.6. The van der Waals surface area contributed by atoms with Gasteiger partial charge in [0.15, 0.2) is 5.78 Å². The zero-order chi connectivity index (χ0) is 14.3. The van der Waals surface area contributed by atoms with Crippen molar-refractivity contribution in [2.45, 2.75) is 19.8 Å². The lowest BCUT2D eigenvalue weighted by atomic mass is 9.95. The largest absolute Gasteiger partial charge is 0.289 e. The molecule has 1 aliphatic carbocycles. The molecule has 1 nitrogen and oxygen atoms in total. The van der Waals surface area contributed by atoms with Gasteiger partial charge in [0.05, 0.1) is 0 Å². The summed E-state index contributed by atoms with van der Waals surface area (Å²) in [5.41, 5.74) is 3.87. The summed E-state index contributed by atoms with van der Waals surface area (Å²) < 4.78 is 1.01. The summed E-state index contributed by atoms with van der Waals surface area (Å²) in [5, 5.41) is 2.10. The van der Waals surface area contributed by atoms with Crippen molar-refractivity contribution in [3.05, 3.63) is 57.6 Å². The van der Waals surface area contributed by atoms with Crippen LogP contribution in [0.4, 0.5) is 0 Å². The van der Waals surface area contributed by atoms with Crippen LogP contribution in [0.15, 0.2) is 40.9 Å². The Bertz CT molecular complexity index is 769. The number of ketones is 1. The number of carbonyl (C=O) groups excluding carboxylic acids is 1. The highest BCUT2D eigenvalue weighted by atomic mass is 79.9. The zero-order valence-corrected chi connectivity index (χ0v) is 13.0. The summed E-state index contributed by atoms with van der Waals surface area (Å²) in [6, 6.07) is 8.13. The molecule has 0 saturated heterocycles. The number of fused-ring (bicyclic) bond motifs is 3. The fraction of sp³-hybridized carbons (Fsp3) is 0.167. The molecular formula is C18H15BrO. The van der Waals surface area contributed by atoms with Crippen LogP contribution in [-0.4, -0.2) is 5.78 Å². The fourth-order valence-electron chi connectivity index (χ4n) is 2.85. The highest BCUT2D eigenvalue weighted by molar-refractivity contribution is 9.10. The Kier molecular flexibility index (Phi) is 3.35. The van der Waals surface area contributed by atoms with Gasteiger partial charge in [-0.1, -0.05) is 48.0 Å². The van der Waals surface area contributed by atoms with E-state index in [0.29, 0.717) is 0 Å². The second kappa shape index (κ2) is 5.02. The van der Waals surface area contributed by atoms with Gasteiger partial charge in [0.25, 0.3) is 0 Å². The third kappa shape index (κ3) is 1.95. The predicted octanol–water partition coefficient (Wildman–Crippen LogP) is 5.63. The van der Waals surface area contributed by atoms with E-state index in [-0.39, 0.29) is 5.78 Å². The Hall–Kier alpha value is -1.67. The monoisotopic (exact) mass is 326 g/mol. The van der Waals surface area contributed by atoms with Crippen LogP contribution in [0.2, 0.25) is 0 Å². The Morgan fingerprint density at radius 2 is 2.05 bits per heavy atom. The van der Waals surface area contributed by atoms with E-state index >= 15 is 0 Å². The molecule has 2 heteroatoms. The third-order valence-electron chi connectivity index (χ3n) is 3.75. The van der Waals surface area contributed by atoms with Gasteiger partial charge in [-0.3, -0.25) is 4.79 Å². The predicted molar refractivity (Wildman–Crippen MR) is 89.0 cm³/mol. The standard InChI is InChI=1S/C18H15BrO/c1-3-5-12-9-13-8-11(4-2)16-10-14(19)6-7-15(16)17(13)18(12)20/h4,6-10H,2-3,5H2,1H3. The van der Waals surface area contributed by atoms with Crippen LogP contribution in [0.5, 0.6) is 0 Å². The first-order valence-corrected chi connectivity index (χ1v) is 7.59. The molecule has 1 aliphatic rings. The van der Waals surface area contributed by atoms with E-state index in [9.17, 15) is 4.79 Å². The molecule has 0 N–H and O–H groups in total. The van der Waals surface area contributed by atoms with Crippen LogP contribution in [0.25, 0.3) is 22.9 Å². The average Bonchev–Trinajstić information content (AvgIpc) is 2.75. The first kappa shape index (κ1) is 13.3. The Morgan fingerprint density at radius 1 is 1.25 bits per heavy atom. The summed E-state index contributed by atoms with van der Waals surface area (Å²) in [6.07, 6.45) is 5.72. The maximum atomic E-state index is 12.6. The zero-order valence-electron chi connectivity index (χ0n) is 11.4. The maximum absolute atomic E-state index is 12.6. The molecule has 2 aromatic rings. The van der Waals surface area contributed by atoms with Gasteiger partial charge in [-0.2, -0.15) is 0 Å². The molecule has 20 heavy (non-hydrogen) atoms. The third-order valence-corrected chi connectivity index (χ3v) is 4.24. The lowest BCUT2D eigenvalue weighted by Gasteiger charge is -2.09. The topological polar surface area (TPSA) is 17.1 Å². The normalized spacial score (nSPS) is 13.5. The Balaban J connectivity index is 2.32. The van der Waals surface area contributed by atoms with Gasteiger partial charge < -0.3 is 0 Å². The van der Waals surface area contributed by atoms with Gasteiger partial charge in [-0.05, 0) is 52.6 Å². The van der Waals surface area contributed by atoms with E-state index < -0.39 is 0 Å². The van der Waals surface area contributed by atoms with Crippen LogP contribution in [0.1, 0.15) is 41.3 Å². The molecule has 0 amide bonds. The fourth-order valence-corrected chi connectivity index (χ4v) is 3.21. The first-order valence-electron chi connectivity index (χ1n) is 6.79. The molecule has 0 fully saturated rings. The number of halogens is 1. The maximum Gasteiger partial charge on any atom is 0.190 e. The van der Waals surface area contributed by atoms with Crippen LogP contribution in [-0.2, 0) is 0 Å². The van der Waals surface area contributed by atoms with Crippen molar-refractivity contribution in [1.82, 2.24) is 0 Å². The van der Waals surface area contributed by atoms with Gasteiger partial charge in [-0.25, -0.2) is 0 Å². The van der Waals surface area contributed by atoms with Crippen molar-refractivity contribution >= 4 is 44.6 Å². The van der Waals surface area contributed by atoms with Crippen LogP contribution >= 0.6 is 15.9 Å². The van der Waals surface area contributed by atoms with Gasteiger partial charge in [0.2, 0.25) is 0 Å². The van der Waals surface area contributed by atoms with E-state index in [0.717, 1.165) is 50.4 Å². The molecule has 100 valence electrons. The van der Waals surface area contributed by atoms with Gasteiger partial charge >= 0.3 is 0 Å². The van der Waals surface area contributed by atoms with Crippen molar-refractivity contribution in [2.75, 3.05) is 0 Å². The molecule has 0 aromatic heterocycles. The number of allylic oxidation sites excluding steroid dienone is 1. The van der Waals surface area contributed by atoms with E-state index in [4.69, 9.17) is 0 Å². The van der Waals surface area contributed by atoms with E-state index in [2.05, 4.69) is 41.6 Å². The van der Waals surface area contributed by atoms with Crippen molar-refractivity contribution in [1.29, 1.82) is 0 Å². The summed E-state index contributed by atoms with van der Waals surface area (Å²) >= 11 is 3.50. The van der Waals surface area contributed by atoms with Gasteiger partial charge in [-0.15, -0.1) is 0 Å². The highest BCUT2D eigenvalue weighted by Crippen LogP contribution is 2.36. The molecule has 0 bridgehead atoms. The van der Waals surface area contributed by atoms with Crippen LogP contribution < -0.4 is 0 Å². The van der Waals surface area contributed by atoms with Crippen LogP contribution in [0.3, 0.4) is 0 Å². The highest BCUT2D eigenvalue weighted by Gasteiger charge is 2.25. The van der Waals surface area contributed by atoms with E-state index in [1.165, 1.54) is 0 Å². The van der Waals surface area contributed by atoms with E-state index in [1.807, 2.05) is 24.3 Å². The molecule has 0 heterocycles. The summed E-state index contributed by atoms with van der Waals surface area (Å²) in [7, 11) is 0. The number of Topliss-reactive ketones (excluding diaryl/α,β-unsaturated/α-hetero) is 1. The quantitative estimate of drug-likeness (QED) is 0.714. The number of benzene rings is 2. The van der Waals surface area contributed by atoms with Crippen LogP contribution in [0, 0.1) is 0 Å². The Morgan fingerprint density at radius 3 is 2.75 bits per heavy atom. The molecule has 3 rings (SSSR count).